The minimum Gasteiger partial charge on any atom is -0.497 e. The van der Waals surface area contributed by atoms with Gasteiger partial charge in [-0.3, -0.25) is 4.90 Å². The van der Waals surface area contributed by atoms with Gasteiger partial charge in [-0.25, -0.2) is 9.37 Å². The number of anilines is 1. The Morgan fingerprint density at radius 3 is 2.34 bits per heavy atom. The molecule has 9 heteroatoms. The first-order valence-corrected chi connectivity index (χ1v) is 11.3. The zero-order chi connectivity index (χ0) is 22.2. The average Bonchev–Trinajstić information content (AvgIpc) is 3.32. The molecule has 1 N–H and O–H groups in total. The number of halogens is 1. The molecule has 1 atom stereocenters. The molecular weight excluding hydrogens is 429 g/mol. The molecule has 0 bridgehead atoms. The first-order chi connectivity index (χ1) is 15.5. The van der Waals surface area contributed by atoms with E-state index in [0.717, 1.165) is 48.1 Å². The molecule has 4 aromatic rings. The fourth-order valence-electron chi connectivity index (χ4n) is 4.23. The van der Waals surface area contributed by atoms with Crippen LogP contribution in [0.15, 0.2) is 48.5 Å². The van der Waals surface area contributed by atoms with E-state index < -0.39 is 0 Å². The number of aromatic hydroxyl groups is 1. The van der Waals surface area contributed by atoms with Gasteiger partial charge in [-0.05, 0) is 48.9 Å². The van der Waals surface area contributed by atoms with Crippen LogP contribution in [0.3, 0.4) is 0 Å². The third-order valence-electron chi connectivity index (χ3n) is 5.86. The zero-order valence-electron chi connectivity index (χ0n) is 17.9. The van der Waals surface area contributed by atoms with Gasteiger partial charge in [-0.2, -0.15) is 4.52 Å². The largest absolute Gasteiger partial charge is 0.497 e. The van der Waals surface area contributed by atoms with Gasteiger partial charge in [0.25, 0.3) is 0 Å². The van der Waals surface area contributed by atoms with Crippen LogP contribution in [-0.2, 0) is 0 Å². The van der Waals surface area contributed by atoms with E-state index in [1.165, 1.54) is 28.0 Å². The summed E-state index contributed by atoms with van der Waals surface area (Å²) in [5.41, 5.74) is 2.08. The normalized spacial score (nSPS) is 15.9. The number of hydrogen-bond donors (Lipinski definition) is 1. The van der Waals surface area contributed by atoms with Gasteiger partial charge in [0.1, 0.15) is 17.4 Å². The first-order valence-electron chi connectivity index (χ1n) is 10.5. The Kier molecular flexibility index (Phi) is 5.44. The fourth-order valence-corrected chi connectivity index (χ4v) is 5.39. The summed E-state index contributed by atoms with van der Waals surface area (Å²) in [5, 5.41) is 15.3. The average molecular weight is 454 g/mol. The van der Waals surface area contributed by atoms with E-state index in [1.807, 2.05) is 43.3 Å². The van der Waals surface area contributed by atoms with Crippen molar-refractivity contribution in [3.05, 3.63) is 70.6 Å². The predicted molar refractivity (Wildman–Crippen MR) is 122 cm³/mol. The highest BCUT2D eigenvalue weighted by Gasteiger charge is 2.31. The van der Waals surface area contributed by atoms with Crippen LogP contribution in [0, 0.1) is 12.7 Å². The van der Waals surface area contributed by atoms with Crippen molar-refractivity contribution in [2.24, 2.45) is 0 Å². The third-order valence-corrected chi connectivity index (χ3v) is 6.93. The van der Waals surface area contributed by atoms with E-state index in [1.54, 1.807) is 7.11 Å². The molecule has 3 heterocycles. The van der Waals surface area contributed by atoms with E-state index in [9.17, 15) is 9.50 Å². The molecule has 0 spiro atoms. The second-order valence-electron chi connectivity index (χ2n) is 7.82. The second kappa shape index (κ2) is 8.40. The summed E-state index contributed by atoms with van der Waals surface area (Å²) in [5.74, 6) is 1.32. The van der Waals surface area contributed by atoms with Gasteiger partial charge >= 0.3 is 0 Å². The molecule has 0 radical (unpaired) electrons. The highest BCUT2D eigenvalue weighted by molar-refractivity contribution is 7.17. The first kappa shape index (κ1) is 20.7. The molecule has 0 amide bonds. The molecule has 2 aromatic carbocycles. The Labute approximate surface area is 189 Å². The highest BCUT2D eigenvalue weighted by Crippen LogP contribution is 2.40. The van der Waals surface area contributed by atoms with Crippen LogP contribution >= 0.6 is 11.3 Å². The van der Waals surface area contributed by atoms with Crippen LogP contribution in [0.2, 0.25) is 0 Å². The maximum atomic E-state index is 13.3. The topological polar surface area (TPSA) is 66.1 Å². The Morgan fingerprint density at radius 1 is 1.03 bits per heavy atom. The van der Waals surface area contributed by atoms with Crippen LogP contribution in [0.25, 0.3) is 4.96 Å². The van der Waals surface area contributed by atoms with Gasteiger partial charge in [0.05, 0.1) is 18.0 Å². The third kappa shape index (κ3) is 3.78. The molecule has 32 heavy (non-hydrogen) atoms. The van der Waals surface area contributed by atoms with Gasteiger partial charge in [-0.15, -0.1) is 5.10 Å². The van der Waals surface area contributed by atoms with Crippen molar-refractivity contribution in [1.82, 2.24) is 19.5 Å². The van der Waals surface area contributed by atoms with Gasteiger partial charge in [0, 0.05) is 31.9 Å². The van der Waals surface area contributed by atoms with Crippen LogP contribution < -0.4 is 9.64 Å². The molecule has 0 unspecified atom stereocenters. The number of benzene rings is 2. The summed E-state index contributed by atoms with van der Waals surface area (Å²) in [6.07, 6.45) is 0. The minimum absolute atomic E-state index is 0.132. The lowest BCUT2D eigenvalue weighted by atomic mass is 10.0. The Morgan fingerprint density at radius 2 is 1.72 bits per heavy atom. The van der Waals surface area contributed by atoms with Gasteiger partial charge in [0.15, 0.2) is 0 Å². The minimum atomic E-state index is -0.228. The number of rotatable bonds is 5. The number of thiazole rings is 1. The fraction of sp³-hybridized carbons (Fsp3) is 0.304. The number of aryl methyl sites for hydroxylation is 1. The van der Waals surface area contributed by atoms with Gasteiger partial charge in [0.2, 0.25) is 10.8 Å². The second-order valence-corrected chi connectivity index (χ2v) is 8.83. The highest BCUT2D eigenvalue weighted by atomic mass is 32.1. The van der Waals surface area contributed by atoms with Gasteiger partial charge < -0.3 is 14.7 Å². The van der Waals surface area contributed by atoms with Crippen LogP contribution in [-0.4, -0.2) is 57.9 Å². The van der Waals surface area contributed by atoms with Crippen molar-refractivity contribution in [2.45, 2.75) is 13.0 Å². The summed E-state index contributed by atoms with van der Waals surface area (Å²) in [7, 11) is 1.65. The quantitative estimate of drug-likeness (QED) is 0.495. The number of piperazine rings is 1. The van der Waals surface area contributed by atoms with E-state index >= 15 is 0 Å². The molecule has 1 saturated heterocycles. The molecule has 166 valence electrons. The van der Waals surface area contributed by atoms with Crippen molar-refractivity contribution in [3.8, 4) is 11.6 Å². The summed E-state index contributed by atoms with van der Waals surface area (Å²) in [6, 6.07) is 14.5. The van der Waals surface area contributed by atoms with Crippen molar-refractivity contribution in [1.29, 1.82) is 0 Å². The molecule has 1 aliphatic heterocycles. The molecular formula is C23H24FN5O2S. The van der Waals surface area contributed by atoms with Gasteiger partial charge in [-0.1, -0.05) is 23.5 Å². The smallest absolute Gasteiger partial charge is 0.230 e. The Hall–Kier alpha value is -3.17. The number of ether oxygens (including phenoxy) is 1. The van der Waals surface area contributed by atoms with E-state index in [4.69, 9.17) is 4.74 Å². The molecule has 5 rings (SSSR count). The van der Waals surface area contributed by atoms with Crippen molar-refractivity contribution >= 4 is 22.0 Å². The number of methoxy groups -OCH3 is 1. The molecule has 1 aliphatic rings. The zero-order valence-corrected chi connectivity index (χ0v) is 18.7. The van der Waals surface area contributed by atoms with E-state index in [-0.39, 0.29) is 17.7 Å². The lowest BCUT2D eigenvalue weighted by Crippen LogP contribution is -2.47. The summed E-state index contributed by atoms with van der Waals surface area (Å²) in [4.78, 5) is 10.6. The Bertz CT molecular complexity index is 1210. The van der Waals surface area contributed by atoms with Crippen molar-refractivity contribution in [2.75, 3.05) is 38.2 Å². The van der Waals surface area contributed by atoms with E-state index in [2.05, 4.69) is 19.9 Å². The number of nitrogens with zero attached hydrogens (tertiary/aromatic N) is 5. The maximum Gasteiger partial charge on any atom is 0.230 e. The number of fused-ring (bicyclic) bond motifs is 1. The predicted octanol–water partition coefficient (Wildman–Crippen LogP) is 3.86. The molecule has 7 nitrogen and oxygen atoms in total. The van der Waals surface area contributed by atoms with Crippen molar-refractivity contribution < 1.29 is 14.2 Å². The Balaban J connectivity index is 1.46. The number of hydrogen-bond acceptors (Lipinski definition) is 7. The number of aromatic nitrogens is 3. The lowest BCUT2D eigenvalue weighted by Gasteiger charge is -2.40. The molecule has 0 saturated carbocycles. The maximum absolute atomic E-state index is 13.3. The van der Waals surface area contributed by atoms with Crippen LogP contribution in [0.4, 0.5) is 10.1 Å². The van der Waals surface area contributed by atoms with Crippen LogP contribution in [0.1, 0.15) is 22.3 Å². The standard InChI is InChI=1S/C23H24FN5O2S/c1-15-25-23-29(26-15)22(30)21(32-23)20(16-3-9-19(31-2)10-4-16)28-13-11-27(12-14-28)18-7-5-17(24)6-8-18/h3-10,20,30H,11-14H2,1-2H3/t20-/m0/s1. The molecule has 2 aromatic heterocycles. The SMILES string of the molecule is COc1ccc([C@@H](c2sc3nc(C)nn3c2O)N2CCN(c3ccc(F)cc3)CC2)cc1. The molecule has 1 fully saturated rings. The summed E-state index contributed by atoms with van der Waals surface area (Å²) in [6.45, 7) is 5.01. The summed E-state index contributed by atoms with van der Waals surface area (Å²) >= 11 is 1.46. The van der Waals surface area contributed by atoms with Crippen LogP contribution in [0.5, 0.6) is 11.6 Å². The lowest BCUT2D eigenvalue weighted by molar-refractivity contribution is 0.211. The monoisotopic (exact) mass is 453 g/mol. The molecule has 0 aliphatic carbocycles. The van der Waals surface area contributed by atoms with Crippen molar-refractivity contribution in [3.63, 3.8) is 0 Å². The van der Waals surface area contributed by atoms with E-state index in [0.29, 0.717) is 10.8 Å². The summed E-state index contributed by atoms with van der Waals surface area (Å²) < 4.78 is 20.1.